The van der Waals surface area contributed by atoms with E-state index in [0.717, 1.165) is 48.3 Å². The molecule has 2 fully saturated rings. The molecule has 0 saturated carbocycles. The molecule has 172 valence electrons. The van der Waals surface area contributed by atoms with Gasteiger partial charge in [-0.1, -0.05) is 42.8 Å². The van der Waals surface area contributed by atoms with Gasteiger partial charge in [-0.05, 0) is 50.8 Å². The number of benzene rings is 1. The first kappa shape index (κ1) is 21.7. The lowest BCUT2D eigenvalue weighted by molar-refractivity contribution is -0.143. The first-order valence-electron chi connectivity index (χ1n) is 12.0. The Kier molecular flexibility index (Phi) is 5.69. The van der Waals surface area contributed by atoms with E-state index >= 15 is 0 Å². The van der Waals surface area contributed by atoms with E-state index in [2.05, 4.69) is 33.8 Å². The number of fused-ring (bicyclic) bond motifs is 2. The monoisotopic (exact) mass is 444 g/mol. The Morgan fingerprint density at radius 2 is 1.91 bits per heavy atom. The summed E-state index contributed by atoms with van der Waals surface area (Å²) >= 11 is 0. The Labute approximate surface area is 195 Å². The molecule has 33 heavy (non-hydrogen) atoms. The lowest BCUT2D eigenvalue weighted by Crippen LogP contribution is -2.58. The predicted octanol–water partition coefficient (Wildman–Crippen LogP) is 4.15. The van der Waals surface area contributed by atoms with Crippen molar-refractivity contribution < 1.29 is 9.59 Å². The van der Waals surface area contributed by atoms with Crippen molar-refractivity contribution in [2.75, 3.05) is 6.54 Å². The fraction of sp³-hybridized carbons (Fsp3) is 0.444. The van der Waals surface area contributed by atoms with Crippen LogP contribution in [0.3, 0.4) is 0 Å². The van der Waals surface area contributed by atoms with Gasteiger partial charge in [0.15, 0.2) is 0 Å². The number of likely N-dealkylation sites (tertiary alicyclic amines) is 2. The number of rotatable bonds is 4. The standard InChI is InChI=1S/C27H32N4O2/c1-20-22(29-16-9-8-13-24(29)28-20)18-26(33)30-17-15-27(2)23(30)12-6-7-14-25(32)31(27)19-21-10-4-3-5-11-21/h3-5,8-11,13,16,23H,6-7,12,14-15,17-19H2,1-2H3/t23-,27-/m1/s1. The molecule has 0 N–H and O–H groups in total. The SMILES string of the molecule is Cc1nc2ccccn2c1CC(=O)N1CC[C@]2(C)[C@H]1CCCCC(=O)N2Cc1ccccc1. The Balaban J connectivity index is 1.42. The normalized spacial score (nSPS) is 23.5. The smallest absolute Gasteiger partial charge is 0.228 e. The molecule has 2 aliphatic rings. The van der Waals surface area contributed by atoms with Crippen molar-refractivity contribution in [1.29, 1.82) is 0 Å². The van der Waals surface area contributed by atoms with Crippen molar-refractivity contribution in [1.82, 2.24) is 19.2 Å². The molecule has 3 aromatic rings. The van der Waals surface area contributed by atoms with E-state index in [0.29, 0.717) is 25.9 Å². The molecule has 0 aliphatic carbocycles. The molecule has 2 aromatic heterocycles. The van der Waals surface area contributed by atoms with Crippen LogP contribution in [-0.4, -0.2) is 49.1 Å². The summed E-state index contributed by atoms with van der Waals surface area (Å²) in [5.41, 5.74) is 3.51. The summed E-state index contributed by atoms with van der Waals surface area (Å²) in [4.78, 5) is 35.6. The second kappa shape index (κ2) is 8.65. The number of aromatic nitrogens is 2. The van der Waals surface area contributed by atoms with Crippen LogP contribution in [0.5, 0.6) is 0 Å². The quantitative estimate of drug-likeness (QED) is 0.608. The molecule has 0 radical (unpaired) electrons. The van der Waals surface area contributed by atoms with Crippen molar-refractivity contribution >= 4 is 17.5 Å². The maximum atomic E-state index is 13.6. The molecule has 2 aliphatic heterocycles. The number of hydrogen-bond acceptors (Lipinski definition) is 3. The number of carbonyl (C=O) groups is 2. The highest BCUT2D eigenvalue weighted by Crippen LogP contribution is 2.40. The molecule has 5 rings (SSSR count). The van der Waals surface area contributed by atoms with Gasteiger partial charge in [0.1, 0.15) is 5.65 Å². The summed E-state index contributed by atoms with van der Waals surface area (Å²) in [5.74, 6) is 0.336. The highest BCUT2D eigenvalue weighted by molar-refractivity contribution is 5.81. The second-order valence-corrected chi connectivity index (χ2v) is 9.67. The van der Waals surface area contributed by atoms with Crippen LogP contribution in [0.2, 0.25) is 0 Å². The zero-order valence-corrected chi connectivity index (χ0v) is 19.5. The topological polar surface area (TPSA) is 57.9 Å². The molecule has 2 amide bonds. The molecule has 0 unspecified atom stereocenters. The number of hydrogen-bond donors (Lipinski definition) is 0. The first-order chi connectivity index (χ1) is 16.0. The van der Waals surface area contributed by atoms with Crippen LogP contribution in [0.15, 0.2) is 54.7 Å². The zero-order valence-electron chi connectivity index (χ0n) is 19.5. The Morgan fingerprint density at radius 1 is 1.12 bits per heavy atom. The fourth-order valence-electron chi connectivity index (χ4n) is 5.78. The van der Waals surface area contributed by atoms with Gasteiger partial charge < -0.3 is 14.2 Å². The minimum Gasteiger partial charge on any atom is -0.337 e. The molecular formula is C27H32N4O2. The maximum absolute atomic E-state index is 13.6. The van der Waals surface area contributed by atoms with E-state index in [1.54, 1.807) is 0 Å². The van der Waals surface area contributed by atoms with Gasteiger partial charge in [-0.25, -0.2) is 4.98 Å². The number of nitrogens with zero attached hydrogens (tertiary/aromatic N) is 4. The Hall–Kier alpha value is -3.15. The van der Waals surface area contributed by atoms with Gasteiger partial charge in [0.25, 0.3) is 0 Å². The molecule has 6 heteroatoms. The predicted molar refractivity (Wildman–Crippen MR) is 128 cm³/mol. The van der Waals surface area contributed by atoms with Crippen LogP contribution in [0.25, 0.3) is 5.65 Å². The fourth-order valence-corrected chi connectivity index (χ4v) is 5.78. The third-order valence-electron chi connectivity index (χ3n) is 7.64. The average molecular weight is 445 g/mol. The lowest BCUT2D eigenvalue weighted by atomic mass is 9.84. The molecule has 0 spiro atoms. The van der Waals surface area contributed by atoms with Crippen LogP contribution in [0.4, 0.5) is 0 Å². The van der Waals surface area contributed by atoms with Crippen molar-refractivity contribution in [2.24, 2.45) is 0 Å². The average Bonchev–Trinajstić information content (AvgIpc) is 3.31. The van der Waals surface area contributed by atoms with E-state index in [9.17, 15) is 9.59 Å². The summed E-state index contributed by atoms with van der Waals surface area (Å²) in [6.07, 6.45) is 6.50. The van der Waals surface area contributed by atoms with Gasteiger partial charge in [-0.15, -0.1) is 0 Å². The van der Waals surface area contributed by atoms with Gasteiger partial charge in [0.2, 0.25) is 11.8 Å². The van der Waals surface area contributed by atoms with Crippen LogP contribution in [0, 0.1) is 6.92 Å². The maximum Gasteiger partial charge on any atom is 0.228 e. The van der Waals surface area contributed by atoms with Gasteiger partial charge in [0, 0.05) is 25.7 Å². The van der Waals surface area contributed by atoms with Gasteiger partial charge in [-0.3, -0.25) is 9.59 Å². The first-order valence-corrected chi connectivity index (χ1v) is 12.0. The number of aryl methyl sites for hydroxylation is 1. The molecular weight excluding hydrogens is 412 g/mol. The zero-order chi connectivity index (χ0) is 23.0. The molecule has 1 aromatic carbocycles. The van der Waals surface area contributed by atoms with E-state index in [-0.39, 0.29) is 23.4 Å². The van der Waals surface area contributed by atoms with E-state index in [1.165, 1.54) is 0 Å². The number of imidazole rings is 1. The van der Waals surface area contributed by atoms with E-state index < -0.39 is 0 Å². The van der Waals surface area contributed by atoms with Crippen molar-refractivity contribution in [3.63, 3.8) is 0 Å². The summed E-state index contributed by atoms with van der Waals surface area (Å²) in [6.45, 7) is 5.45. The highest BCUT2D eigenvalue weighted by Gasteiger charge is 2.51. The summed E-state index contributed by atoms with van der Waals surface area (Å²) in [6, 6.07) is 16.1. The van der Waals surface area contributed by atoms with Crippen LogP contribution in [-0.2, 0) is 22.6 Å². The van der Waals surface area contributed by atoms with Crippen molar-refractivity contribution in [2.45, 2.75) is 70.5 Å². The summed E-state index contributed by atoms with van der Waals surface area (Å²) in [7, 11) is 0. The molecule has 2 saturated heterocycles. The third-order valence-corrected chi connectivity index (χ3v) is 7.64. The van der Waals surface area contributed by atoms with Crippen LogP contribution >= 0.6 is 0 Å². The van der Waals surface area contributed by atoms with Crippen LogP contribution < -0.4 is 0 Å². The number of carbonyl (C=O) groups excluding carboxylic acids is 2. The second-order valence-electron chi connectivity index (χ2n) is 9.67. The number of amides is 2. The van der Waals surface area contributed by atoms with Gasteiger partial charge in [0.05, 0.1) is 29.4 Å². The van der Waals surface area contributed by atoms with Gasteiger partial charge in [-0.2, -0.15) is 0 Å². The van der Waals surface area contributed by atoms with Crippen LogP contribution in [0.1, 0.15) is 56.0 Å². The molecule has 6 nitrogen and oxygen atoms in total. The Bertz CT molecular complexity index is 1170. The largest absolute Gasteiger partial charge is 0.337 e. The van der Waals surface area contributed by atoms with E-state index in [1.807, 2.05) is 53.9 Å². The summed E-state index contributed by atoms with van der Waals surface area (Å²) in [5, 5.41) is 0. The molecule has 4 heterocycles. The molecule has 2 atom stereocenters. The third kappa shape index (κ3) is 3.92. The minimum atomic E-state index is -0.350. The lowest BCUT2D eigenvalue weighted by Gasteiger charge is -2.45. The van der Waals surface area contributed by atoms with Crippen molar-refractivity contribution in [3.05, 3.63) is 71.7 Å². The van der Waals surface area contributed by atoms with Gasteiger partial charge >= 0.3 is 0 Å². The number of pyridine rings is 1. The minimum absolute atomic E-state index is 0.0393. The Morgan fingerprint density at radius 3 is 2.73 bits per heavy atom. The summed E-state index contributed by atoms with van der Waals surface area (Å²) < 4.78 is 2.02. The van der Waals surface area contributed by atoms with Crippen molar-refractivity contribution in [3.8, 4) is 0 Å². The molecule has 0 bridgehead atoms. The van der Waals surface area contributed by atoms with E-state index in [4.69, 9.17) is 0 Å². The highest BCUT2D eigenvalue weighted by atomic mass is 16.2.